The van der Waals surface area contributed by atoms with E-state index in [0.717, 1.165) is 11.0 Å². The van der Waals surface area contributed by atoms with Crippen LogP contribution in [-0.2, 0) is 17.8 Å². The molecule has 0 atom stereocenters. The van der Waals surface area contributed by atoms with Gasteiger partial charge in [-0.25, -0.2) is 0 Å². The second kappa shape index (κ2) is 17.2. The molecule has 0 aliphatic rings. The van der Waals surface area contributed by atoms with E-state index in [1.165, 1.54) is 0 Å². The van der Waals surface area contributed by atoms with E-state index < -0.39 is 18.9 Å². The molecule has 0 bridgehead atoms. The first-order valence-corrected chi connectivity index (χ1v) is 11.1. The van der Waals surface area contributed by atoms with Gasteiger partial charge in [-0.15, -0.1) is 0 Å². The fraction of sp³-hybridized carbons (Fsp3) is 0.875. The summed E-state index contributed by atoms with van der Waals surface area (Å²) in [4.78, 5) is 9.37. The van der Waals surface area contributed by atoms with Gasteiger partial charge in [0.25, 0.3) is 0 Å². The first kappa shape index (κ1) is 26.7. The Morgan fingerprint density at radius 1 is 1.24 bits per heavy atom. The van der Waals surface area contributed by atoms with Crippen LogP contribution < -0.4 is 12.4 Å². The number of carboxylic acids is 1. The maximum absolute atomic E-state index is 9.37. The molecule has 9 heteroatoms. The van der Waals surface area contributed by atoms with Crippen LogP contribution in [0, 0.1) is 0 Å². The van der Waals surface area contributed by atoms with Crippen molar-refractivity contribution in [2.24, 2.45) is 0 Å². The van der Waals surface area contributed by atoms with E-state index in [9.17, 15) is 4.79 Å². The van der Waals surface area contributed by atoms with E-state index in [1.54, 1.807) is 6.92 Å². The first-order chi connectivity index (χ1) is 7.06. The zero-order chi connectivity index (χ0) is 13.8. The molecule has 0 spiro atoms. The van der Waals surface area contributed by atoms with Crippen molar-refractivity contribution in [3.63, 3.8) is 0 Å². The Labute approximate surface area is 127 Å². The van der Waals surface area contributed by atoms with Gasteiger partial charge in [0.2, 0.25) is 0 Å². The summed E-state index contributed by atoms with van der Waals surface area (Å²) in [5.74, 6) is -0.745. The van der Waals surface area contributed by atoms with Gasteiger partial charge in [0, 0.05) is 6.42 Å². The summed E-state index contributed by atoms with van der Waals surface area (Å²) in [6, 6.07) is 0. The number of aliphatic hydroxyl groups excluding tert-OH is 1. The van der Waals surface area contributed by atoms with Crippen molar-refractivity contribution in [1.29, 1.82) is 0 Å². The van der Waals surface area contributed by atoms with E-state index in [-0.39, 0.29) is 25.4 Å². The number of hydrogen-bond donors (Lipinski definition) is 2. The molecule has 0 aromatic carbocycles. The van der Waals surface area contributed by atoms with E-state index in [4.69, 9.17) is 39.3 Å². The van der Waals surface area contributed by atoms with Crippen LogP contribution in [0.15, 0.2) is 0 Å². The molecule has 2 N–H and O–H groups in total. The van der Waals surface area contributed by atoms with Gasteiger partial charge in [0.05, 0.1) is 27.7 Å². The molecular weight excluding hydrogens is 401 g/mol. The molecular formula is C8H20Cl4NO3Ru. The molecule has 0 aliphatic heterocycles. The van der Waals surface area contributed by atoms with Crippen molar-refractivity contribution >= 4 is 35.0 Å². The summed E-state index contributed by atoms with van der Waals surface area (Å²) in [5.41, 5.74) is 0. The molecule has 4 nitrogen and oxygen atoms in total. The normalized spacial score (nSPS) is 9.76. The summed E-state index contributed by atoms with van der Waals surface area (Å²) in [6.07, 6.45) is 0.222. The van der Waals surface area contributed by atoms with E-state index in [0.29, 0.717) is 0 Å². The first-order valence-electron chi connectivity index (χ1n) is 4.36. The number of nitrogens with zero attached hydrogens (tertiary/aromatic N) is 1. The second-order valence-corrected chi connectivity index (χ2v) is 11.6. The quantitative estimate of drug-likeness (QED) is 0.466. The van der Waals surface area contributed by atoms with Crippen LogP contribution in [0.4, 0.5) is 0 Å². The molecule has 17 heavy (non-hydrogen) atoms. The van der Waals surface area contributed by atoms with Crippen LogP contribution >= 0.6 is 29.1 Å². The third-order valence-electron chi connectivity index (χ3n) is 1.07. The Bertz CT molecular complexity index is 165. The molecule has 0 aromatic heterocycles. The van der Waals surface area contributed by atoms with Crippen molar-refractivity contribution in [1.82, 2.24) is 0 Å². The average molecular weight is 421 g/mol. The van der Waals surface area contributed by atoms with Crippen LogP contribution in [0.3, 0.4) is 0 Å². The number of carboxylic acid groups (broad SMARTS) is 1. The van der Waals surface area contributed by atoms with Gasteiger partial charge >= 0.3 is 48.0 Å². The third-order valence-corrected chi connectivity index (χ3v) is 1.07. The van der Waals surface area contributed by atoms with Gasteiger partial charge < -0.3 is 27.1 Å². The standard InChI is InChI=1S/C5H14NO.C3H6O2.4ClH.Ru/c1-6(2,3)4-5-7;1-2-3(4)5;;;;;/h7H,4-5H2,1-3H3;2H2,1H3,(H,4,5);4*1H;/q+1;;;;;;+3/p-4. The Kier molecular flexibility index (Phi) is 27.0. The van der Waals surface area contributed by atoms with Gasteiger partial charge in [-0.2, -0.15) is 0 Å². The molecule has 0 aliphatic carbocycles. The summed E-state index contributed by atoms with van der Waals surface area (Å²) in [6.45, 7) is 2.71. The fourth-order valence-electron chi connectivity index (χ4n) is 0.300. The van der Waals surface area contributed by atoms with Crippen molar-refractivity contribution in [2.45, 2.75) is 13.3 Å². The van der Waals surface area contributed by atoms with Gasteiger partial charge in [-0.3, -0.25) is 4.79 Å². The van der Waals surface area contributed by atoms with Crippen LogP contribution in [0.1, 0.15) is 13.3 Å². The number of rotatable bonds is 3. The summed E-state index contributed by atoms with van der Waals surface area (Å²) < 4.78 is 0.844. The zero-order valence-electron chi connectivity index (χ0n) is 10.2. The van der Waals surface area contributed by atoms with Crippen molar-refractivity contribution in [3.8, 4) is 0 Å². The monoisotopic (exact) mass is 420 g/mol. The van der Waals surface area contributed by atoms with Gasteiger partial charge in [-0.1, -0.05) is 6.92 Å². The van der Waals surface area contributed by atoms with E-state index in [1.807, 2.05) is 0 Å². The minimum atomic E-state index is -1.75. The Morgan fingerprint density at radius 2 is 1.47 bits per heavy atom. The van der Waals surface area contributed by atoms with Gasteiger partial charge in [0.15, 0.2) is 0 Å². The van der Waals surface area contributed by atoms with Crippen LogP contribution in [-0.4, -0.2) is 55.0 Å². The van der Waals surface area contributed by atoms with Crippen molar-refractivity contribution < 1.29 is 44.9 Å². The third kappa shape index (κ3) is 76.8. The molecule has 0 saturated heterocycles. The number of hydrogen-bond acceptors (Lipinski definition) is 2. The van der Waals surface area contributed by atoms with Crippen LogP contribution in [0.25, 0.3) is 0 Å². The topological polar surface area (TPSA) is 57.5 Å². The Hall–Kier alpha value is 1.17. The molecule has 0 radical (unpaired) electrons. The predicted molar refractivity (Wildman–Crippen MR) is 65.5 cm³/mol. The number of halogens is 4. The predicted octanol–water partition coefficient (Wildman–Crippen LogP) is -0.764. The number of likely N-dealkylation sites (N-methyl/N-ethyl adjacent to an activating group) is 1. The number of aliphatic carboxylic acids is 1. The van der Waals surface area contributed by atoms with Crippen LogP contribution in [0.2, 0.25) is 0 Å². The number of carbonyl (C=O) groups is 1. The van der Waals surface area contributed by atoms with Gasteiger partial charge in [-0.05, 0) is 0 Å². The molecule has 0 heterocycles. The average Bonchev–Trinajstić information content (AvgIpc) is 2.01. The van der Waals surface area contributed by atoms with Gasteiger partial charge in [0.1, 0.15) is 6.54 Å². The SMILES string of the molecule is CCC(=O)O.C[N+](C)(C)CCO.[Cl-].[Cl][Ru]([Cl])[Cl]. The van der Waals surface area contributed by atoms with E-state index >= 15 is 0 Å². The number of aliphatic hydroxyl groups is 1. The summed E-state index contributed by atoms with van der Waals surface area (Å²) in [7, 11) is 21.0. The molecule has 0 amide bonds. The number of quaternary nitrogens is 1. The Balaban J connectivity index is -0.0000000757. The maximum atomic E-state index is 9.37. The molecule has 0 fully saturated rings. The minimum absolute atomic E-state index is 0. The van der Waals surface area contributed by atoms with Crippen molar-refractivity contribution in [3.05, 3.63) is 0 Å². The molecule has 0 unspecified atom stereocenters. The molecule has 0 aromatic rings. The van der Waals surface area contributed by atoms with E-state index in [2.05, 4.69) is 21.1 Å². The van der Waals surface area contributed by atoms with Crippen molar-refractivity contribution in [2.75, 3.05) is 34.3 Å². The van der Waals surface area contributed by atoms with Crippen LogP contribution in [0.5, 0.6) is 0 Å². The Morgan fingerprint density at radius 3 is 1.47 bits per heavy atom. The fourth-order valence-corrected chi connectivity index (χ4v) is 0.300. The molecule has 111 valence electrons. The molecule has 0 saturated carbocycles. The second-order valence-electron chi connectivity index (χ2n) is 3.64. The zero-order valence-corrected chi connectivity index (χ0v) is 15.0. The summed E-state index contributed by atoms with van der Waals surface area (Å²) >= 11 is -1.75. The molecule has 0 rings (SSSR count). The summed E-state index contributed by atoms with van der Waals surface area (Å²) in [5, 5.41) is 16.1.